The molecule has 1 saturated heterocycles. The quantitative estimate of drug-likeness (QED) is 0.927. The van der Waals surface area contributed by atoms with Crippen LogP contribution in [0.5, 0.6) is 0 Å². The molecule has 0 radical (unpaired) electrons. The van der Waals surface area contributed by atoms with Gasteiger partial charge in [0.05, 0.1) is 15.9 Å². The van der Waals surface area contributed by atoms with Crippen LogP contribution in [0.2, 0.25) is 0 Å². The average molecular weight is 315 g/mol. The van der Waals surface area contributed by atoms with Crippen molar-refractivity contribution in [2.24, 2.45) is 5.73 Å². The Labute approximate surface area is 118 Å². The van der Waals surface area contributed by atoms with Gasteiger partial charge in [0.15, 0.2) is 0 Å². The summed E-state index contributed by atoms with van der Waals surface area (Å²) in [5.74, 6) is 0. The number of aryl methyl sites for hydroxylation is 2. The molecule has 1 fully saturated rings. The van der Waals surface area contributed by atoms with Gasteiger partial charge < -0.3 is 5.73 Å². The van der Waals surface area contributed by atoms with Crippen molar-refractivity contribution in [3.63, 3.8) is 0 Å². The van der Waals surface area contributed by atoms with Crippen LogP contribution < -0.4 is 5.73 Å². The fraction of sp³-hybridized carbons (Fsp3) is 0.769. The molecule has 0 saturated carbocycles. The fourth-order valence-corrected chi connectivity index (χ4v) is 3.16. The van der Waals surface area contributed by atoms with Gasteiger partial charge in [-0.2, -0.15) is 5.10 Å². The molecule has 1 atom stereocenters. The number of hydrogen-bond donors (Lipinski definition) is 1. The van der Waals surface area contributed by atoms with Crippen molar-refractivity contribution in [3.8, 4) is 0 Å². The van der Waals surface area contributed by atoms with Crippen molar-refractivity contribution in [2.45, 2.75) is 52.2 Å². The van der Waals surface area contributed by atoms with Crippen LogP contribution in [0.25, 0.3) is 0 Å². The third-order valence-electron chi connectivity index (χ3n) is 3.83. The minimum absolute atomic E-state index is 0.533. The Hall–Kier alpha value is -0.390. The van der Waals surface area contributed by atoms with Crippen LogP contribution in [0.15, 0.2) is 4.47 Å². The summed E-state index contributed by atoms with van der Waals surface area (Å²) in [6, 6.07) is 0.533. The van der Waals surface area contributed by atoms with Gasteiger partial charge in [0.1, 0.15) is 0 Å². The lowest BCUT2D eigenvalue weighted by atomic mass is 10.0. The molecule has 1 unspecified atom stereocenters. The summed E-state index contributed by atoms with van der Waals surface area (Å²) < 4.78 is 3.26. The van der Waals surface area contributed by atoms with Crippen molar-refractivity contribution in [1.82, 2.24) is 14.7 Å². The van der Waals surface area contributed by atoms with Gasteiger partial charge >= 0.3 is 0 Å². The largest absolute Gasteiger partial charge is 0.329 e. The number of nitrogens with two attached hydrogens (primary N) is 1. The van der Waals surface area contributed by atoms with Crippen LogP contribution in [0.3, 0.4) is 0 Å². The van der Waals surface area contributed by atoms with E-state index in [9.17, 15) is 0 Å². The number of likely N-dealkylation sites (tertiary alicyclic amines) is 1. The van der Waals surface area contributed by atoms with Crippen LogP contribution in [-0.2, 0) is 13.1 Å². The zero-order valence-electron chi connectivity index (χ0n) is 11.3. The lowest BCUT2D eigenvalue weighted by Crippen LogP contribution is -2.43. The highest BCUT2D eigenvalue weighted by atomic mass is 79.9. The number of hydrogen-bond acceptors (Lipinski definition) is 3. The van der Waals surface area contributed by atoms with Gasteiger partial charge in [0, 0.05) is 25.7 Å². The third kappa shape index (κ3) is 2.78. The van der Waals surface area contributed by atoms with Gasteiger partial charge in [-0.3, -0.25) is 9.58 Å². The van der Waals surface area contributed by atoms with Crippen molar-refractivity contribution in [3.05, 3.63) is 15.9 Å². The summed E-state index contributed by atoms with van der Waals surface area (Å²) in [7, 11) is 0. The molecule has 5 heteroatoms. The summed E-state index contributed by atoms with van der Waals surface area (Å²) in [6.45, 7) is 7.98. The van der Waals surface area contributed by atoms with Crippen LogP contribution in [0.4, 0.5) is 0 Å². The highest BCUT2D eigenvalue weighted by molar-refractivity contribution is 9.10. The van der Waals surface area contributed by atoms with E-state index in [1.54, 1.807) is 0 Å². The van der Waals surface area contributed by atoms with Crippen molar-refractivity contribution >= 4 is 15.9 Å². The standard InChI is InChI=1S/C13H23BrN4/c1-3-18-12(13(14)10(2)16-18)9-17-7-5-4-6-11(17)8-15/h11H,3-9,15H2,1-2H3. The maximum Gasteiger partial charge on any atom is 0.0739 e. The number of piperidine rings is 1. The van der Waals surface area contributed by atoms with E-state index in [1.807, 2.05) is 0 Å². The summed E-state index contributed by atoms with van der Waals surface area (Å²) in [4.78, 5) is 2.51. The smallest absolute Gasteiger partial charge is 0.0739 e. The fourth-order valence-electron chi connectivity index (χ4n) is 2.75. The molecule has 102 valence electrons. The maximum atomic E-state index is 5.89. The normalized spacial score (nSPS) is 21.4. The van der Waals surface area contributed by atoms with Gasteiger partial charge in [-0.05, 0) is 49.2 Å². The molecule has 0 aliphatic carbocycles. The second-order valence-electron chi connectivity index (χ2n) is 5.02. The molecule has 0 amide bonds. The lowest BCUT2D eigenvalue weighted by Gasteiger charge is -2.35. The highest BCUT2D eigenvalue weighted by Gasteiger charge is 2.23. The second-order valence-corrected chi connectivity index (χ2v) is 5.81. The van der Waals surface area contributed by atoms with E-state index in [4.69, 9.17) is 5.73 Å². The summed E-state index contributed by atoms with van der Waals surface area (Å²) >= 11 is 3.67. The van der Waals surface area contributed by atoms with E-state index in [0.29, 0.717) is 6.04 Å². The topological polar surface area (TPSA) is 47.1 Å². The number of rotatable bonds is 4. The van der Waals surface area contributed by atoms with Crippen LogP contribution in [-0.4, -0.2) is 33.8 Å². The number of halogens is 1. The van der Waals surface area contributed by atoms with Gasteiger partial charge in [-0.1, -0.05) is 6.42 Å². The average Bonchev–Trinajstić information content (AvgIpc) is 2.67. The summed E-state index contributed by atoms with van der Waals surface area (Å²) in [5.41, 5.74) is 8.25. The van der Waals surface area contributed by atoms with E-state index in [-0.39, 0.29) is 0 Å². The molecule has 2 N–H and O–H groups in total. The Morgan fingerprint density at radius 1 is 1.44 bits per heavy atom. The van der Waals surface area contributed by atoms with Gasteiger partial charge in [0.25, 0.3) is 0 Å². The first-order valence-corrected chi connectivity index (χ1v) is 7.62. The minimum atomic E-state index is 0.533. The molecular weight excluding hydrogens is 292 g/mol. The molecule has 2 heterocycles. The zero-order valence-corrected chi connectivity index (χ0v) is 12.9. The monoisotopic (exact) mass is 314 g/mol. The van der Waals surface area contributed by atoms with E-state index >= 15 is 0 Å². The molecular formula is C13H23BrN4. The van der Waals surface area contributed by atoms with Crippen molar-refractivity contribution in [2.75, 3.05) is 13.1 Å². The Morgan fingerprint density at radius 2 is 2.22 bits per heavy atom. The first-order chi connectivity index (χ1) is 8.67. The SMILES string of the molecule is CCn1nc(C)c(Br)c1CN1CCCCC1CN. The molecule has 2 rings (SSSR count). The Morgan fingerprint density at radius 3 is 2.89 bits per heavy atom. The predicted octanol–water partition coefficient (Wildman–Crippen LogP) is 2.29. The third-order valence-corrected chi connectivity index (χ3v) is 4.86. The molecule has 0 spiro atoms. The molecule has 18 heavy (non-hydrogen) atoms. The van der Waals surface area contributed by atoms with E-state index in [0.717, 1.165) is 36.3 Å². The van der Waals surface area contributed by atoms with Crippen LogP contribution >= 0.6 is 15.9 Å². The van der Waals surface area contributed by atoms with Crippen LogP contribution in [0.1, 0.15) is 37.6 Å². The molecule has 0 aromatic carbocycles. The van der Waals surface area contributed by atoms with Gasteiger partial charge in [-0.25, -0.2) is 0 Å². The molecule has 4 nitrogen and oxygen atoms in total. The van der Waals surface area contributed by atoms with E-state index in [1.165, 1.54) is 25.0 Å². The van der Waals surface area contributed by atoms with Crippen LogP contribution in [0, 0.1) is 6.92 Å². The summed E-state index contributed by atoms with van der Waals surface area (Å²) in [6.07, 6.45) is 3.83. The van der Waals surface area contributed by atoms with E-state index in [2.05, 4.69) is 44.5 Å². The molecule has 1 aliphatic rings. The molecule has 1 aromatic heterocycles. The van der Waals surface area contributed by atoms with Gasteiger partial charge in [-0.15, -0.1) is 0 Å². The maximum absolute atomic E-state index is 5.89. The minimum Gasteiger partial charge on any atom is -0.329 e. The highest BCUT2D eigenvalue weighted by Crippen LogP contribution is 2.25. The lowest BCUT2D eigenvalue weighted by molar-refractivity contribution is 0.140. The van der Waals surface area contributed by atoms with E-state index < -0.39 is 0 Å². The first-order valence-electron chi connectivity index (χ1n) is 6.83. The predicted molar refractivity (Wildman–Crippen MR) is 77.4 cm³/mol. The Bertz CT molecular complexity index is 402. The van der Waals surface area contributed by atoms with Crippen molar-refractivity contribution in [1.29, 1.82) is 0 Å². The summed E-state index contributed by atoms with van der Waals surface area (Å²) in [5, 5.41) is 4.56. The number of aromatic nitrogens is 2. The molecule has 1 aromatic rings. The Kier molecular flexibility index (Phi) is 4.81. The Balaban J connectivity index is 2.17. The van der Waals surface area contributed by atoms with Crippen molar-refractivity contribution < 1.29 is 0 Å². The number of nitrogens with zero attached hydrogens (tertiary/aromatic N) is 3. The second kappa shape index (κ2) is 6.17. The molecule has 1 aliphatic heterocycles. The van der Waals surface area contributed by atoms with Gasteiger partial charge in [0.2, 0.25) is 0 Å². The molecule has 0 bridgehead atoms. The zero-order chi connectivity index (χ0) is 13.1. The first kappa shape index (κ1) is 14.0.